The lowest BCUT2D eigenvalue weighted by atomic mass is 10.1. The molecule has 1 atom stereocenters. The number of hydrogen-bond acceptors (Lipinski definition) is 4. The van der Waals surface area contributed by atoms with Gasteiger partial charge >= 0.3 is 5.97 Å². The van der Waals surface area contributed by atoms with Crippen molar-refractivity contribution in [3.8, 4) is 5.75 Å². The maximum absolute atomic E-state index is 11.4. The lowest BCUT2D eigenvalue weighted by Crippen LogP contribution is -2.19. The van der Waals surface area contributed by atoms with Gasteiger partial charge in [-0.1, -0.05) is 42.1 Å². The van der Waals surface area contributed by atoms with Gasteiger partial charge in [0.1, 0.15) is 11.0 Å². The van der Waals surface area contributed by atoms with Crippen molar-refractivity contribution in [2.75, 3.05) is 7.11 Å². The smallest absolute Gasteiger partial charge is 0.317 e. The first-order valence-electron chi connectivity index (χ1n) is 6.12. The average molecular weight is 289 g/mol. The minimum Gasteiger partial charge on any atom is -0.495 e. The van der Waals surface area contributed by atoms with E-state index in [0.717, 1.165) is 5.56 Å². The predicted molar refractivity (Wildman–Crippen MR) is 78.2 cm³/mol. The SMILES string of the molecule is COc1ccc(SC(Cc2ccccc2)C(=O)O)nc1. The number of benzene rings is 1. The Morgan fingerprint density at radius 1 is 1.30 bits per heavy atom. The number of aromatic nitrogens is 1. The molecule has 5 heteroatoms. The molecular formula is C15H15NO3S. The standard InChI is InChI=1S/C15H15NO3S/c1-19-12-7-8-14(16-10-12)20-13(15(17)18)9-11-5-3-2-4-6-11/h2-8,10,13H,9H2,1H3,(H,17,18). The van der Waals surface area contributed by atoms with E-state index in [4.69, 9.17) is 4.74 Å². The van der Waals surface area contributed by atoms with Crippen LogP contribution >= 0.6 is 11.8 Å². The first-order chi connectivity index (χ1) is 9.69. The van der Waals surface area contributed by atoms with Crippen LogP contribution in [0.2, 0.25) is 0 Å². The number of aliphatic carboxylic acids is 1. The lowest BCUT2D eigenvalue weighted by molar-refractivity contribution is -0.136. The molecule has 0 fully saturated rings. The summed E-state index contributed by atoms with van der Waals surface area (Å²) in [6.07, 6.45) is 2.05. The number of hydrogen-bond donors (Lipinski definition) is 1. The van der Waals surface area contributed by atoms with Crippen LogP contribution in [0.3, 0.4) is 0 Å². The summed E-state index contributed by atoms with van der Waals surface area (Å²) in [5, 5.41) is 9.44. The van der Waals surface area contributed by atoms with E-state index < -0.39 is 11.2 Å². The molecule has 0 radical (unpaired) electrons. The predicted octanol–water partition coefficient (Wildman–Crippen LogP) is 2.88. The van der Waals surface area contributed by atoms with Crippen molar-refractivity contribution in [2.45, 2.75) is 16.7 Å². The second-order valence-corrected chi connectivity index (χ2v) is 5.39. The van der Waals surface area contributed by atoms with Crippen molar-refractivity contribution < 1.29 is 14.6 Å². The summed E-state index contributed by atoms with van der Waals surface area (Å²) in [6.45, 7) is 0. The fourth-order valence-electron chi connectivity index (χ4n) is 1.71. The third-order valence-electron chi connectivity index (χ3n) is 2.75. The molecule has 0 aliphatic carbocycles. The van der Waals surface area contributed by atoms with Gasteiger partial charge in [0.25, 0.3) is 0 Å². The number of carboxylic acid groups (broad SMARTS) is 1. The lowest BCUT2D eigenvalue weighted by Gasteiger charge is -2.11. The molecular weight excluding hydrogens is 274 g/mol. The molecule has 1 unspecified atom stereocenters. The number of ether oxygens (including phenoxy) is 1. The Hall–Kier alpha value is -2.01. The molecule has 20 heavy (non-hydrogen) atoms. The van der Waals surface area contributed by atoms with Crippen molar-refractivity contribution in [3.63, 3.8) is 0 Å². The van der Waals surface area contributed by atoms with Gasteiger partial charge in [-0.15, -0.1) is 0 Å². The van der Waals surface area contributed by atoms with Gasteiger partial charge in [-0.2, -0.15) is 0 Å². The monoisotopic (exact) mass is 289 g/mol. The molecule has 2 aromatic rings. The number of rotatable bonds is 6. The molecule has 2 rings (SSSR count). The molecule has 0 spiro atoms. The first-order valence-corrected chi connectivity index (χ1v) is 7.00. The Kier molecular flexibility index (Phi) is 5.01. The van der Waals surface area contributed by atoms with Crippen LogP contribution < -0.4 is 4.74 Å². The van der Waals surface area contributed by atoms with Gasteiger partial charge in [0.2, 0.25) is 0 Å². The van der Waals surface area contributed by atoms with Crippen LogP contribution in [0.25, 0.3) is 0 Å². The number of carboxylic acids is 1. The largest absolute Gasteiger partial charge is 0.495 e. The summed E-state index contributed by atoms with van der Waals surface area (Å²) in [7, 11) is 1.57. The number of thioether (sulfide) groups is 1. The highest BCUT2D eigenvalue weighted by Crippen LogP contribution is 2.25. The zero-order chi connectivity index (χ0) is 14.4. The van der Waals surface area contributed by atoms with Gasteiger partial charge in [-0.25, -0.2) is 4.98 Å². The molecule has 0 amide bonds. The van der Waals surface area contributed by atoms with E-state index in [1.807, 2.05) is 30.3 Å². The minimum atomic E-state index is -0.837. The number of nitrogens with zero attached hydrogens (tertiary/aromatic N) is 1. The van der Waals surface area contributed by atoms with E-state index >= 15 is 0 Å². The van der Waals surface area contributed by atoms with E-state index in [9.17, 15) is 9.90 Å². The van der Waals surface area contributed by atoms with Gasteiger partial charge < -0.3 is 9.84 Å². The maximum atomic E-state index is 11.4. The van der Waals surface area contributed by atoms with Gasteiger partial charge in [0.15, 0.2) is 0 Å². The molecule has 1 aromatic carbocycles. The summed E-state index contributed by atoms with van der Waals surface area (Å²) < 4.78 is 5.03. The molecule has 104 valence electrons. The second-order valence-electron chi connectivity index (χ2n) is 4.17. The fraction of sp³-hybridized carbons (Fsp3) is 0.200. The van der Waals surface area contributed by atoms with Crippen LogP contribution in [0, 0.1) is 0 Å². The van der Waals surface area contributed by atoms with E-state index in [1.165, 1.54) is 11.8 Å². The van der Waals surface area contributed by atoms with E-state index in [2.05, 4.69) is 4.98 Å². The molecule has 4 nitrogen and oxygen atoms in total. The summed E-state index contributed by atoms with van der Waals surface area (Å²) in [5.41, 5.74) is 1.00. The topological polar surface area (TPSA) is 59.4 Å². The zero-order valence-electron chi connectivity index (χ0n) is 11.0. The van der Waals surface area contributed by atoms with Crippen LogP contribution in [-0.2, 0) is 11.2 Å². The van der Waals surface area contributed by atoms with Crippen LogP contribution in [0.5, 0.6) is 5.75 Å². The number of methoxy groups -OCH3 is 1. The molecule has 1 heterocycles. The summed E-state index contributed by atoms with van der Waals surface area (Å²) in [5.74, 6) is -0.180. The van der Waals surface area contributed by atoms with Crippen molar-refractivity contribution >= 4 is 17.7 Å². The Labute approximate surface area is 121 Å². The van der Waals surface area contributed by atoms with Crippen molar-refractivity contribution in [3.05, 3.63) is 54.2 Å². The Morgan fingerprint density at radius 2 is 2.05 bits per heavy atom. The third-order valence-corrected chi connectivity index (χ3v) is 3.88. The van der Waals surface area contributed by atoms with Crippen molar-refractivity contribution in [1.82, 2.24) is 4.98 Å². The van der Waals surface area contributed by atoms with Gasteiger partial charge in [0.05, 0.1) is 18.3 Å². The van der Waals surface area contributed by atoms with E-state index in [-0.39, 0.29) is 0 Å². The van der Waals surface area contributed by atoms with Crippen molar-refractivity contribution in [1.29, 1.82) is 0 Å². The molecule has 0 saturated carbocycles. The quantitative estimate of drug-likeness (QED) is 0.829. The third kappa shape index (κ3) is 3.99. The molecule has 0 saturated heterocycles. The molecule has 0 aliphatic rings. The number of carbonyl (C=O) groups is 1. The summed E-state index contributed by atoms with van der Waals surface area (Å²) in [4.78, 5) is 15.5. The van der Waals surface area contributed by atoms with Crippen LogP contribution in [-0.4, -0.2) is 28.4 Å². The highest BCUT2D eigenvalue weighted by molar-refractivity contribution is 8.00. The Balaban J connectivity index is 2.07. The van der Waals surface area contributed by atoms with Crippen LogP contribution in [0.15, 0.2) is 53.7 Å². The normalized spacial score (nSPS) is 11.8. The zero-order valence-corrected chi connectivity index (χ0v) is 11.8. The van der Waals surface area contributed by atoms with Crippen LogP contribution in [0.4, 0.5) is 0 Å². The summed E-state index contributed by atoms with van der Waals surface area (Å²) in [6, 6.07) is 13.1. The highest BCUT2D eigenvalue weighted by Gasteiger charge is 2.20. The fourth-order valence-corrected chi connectivity index (χ4v) is 2.64. The van der Waals surface area contributed by atoms with E-state index in [0.29, 0.717) is 17.2 Å². The molecule has 1 N–H and O–H groups in total. The van der Waals surface area contributed by atoms with Crippen LogP contribution in [0.1, 0.15) is 5.56 Å². The minimum absolute atomic E-state index is 0.467. The maximum Gasteiger partial charge on any atom is 0.317 e. The summed E-state index contributed by atoms with van der Waals surface area (Å²) >= 11 is 1.24. The Bertz CT molecular complexity index is 557. The number of pyridine rings is 1. The first kappa shape index (κ1) is 14.4. The second kappa shape index (κ2) is 6.96. The van der Waals surface area contributed by atoms with E-state index in [1.54, 1.807) is 25.4 Å². The van der Waals surface area contributed by atoms with Gasteiger partial charge in [0, 0.05) is 0 Å². The van der Waals surface area contributed by atoms with Gasteiger partial charge in [-0.05, 0) is 24.1 Å². The molecule has 1 aromatic heterocycles. The Morgan fingerprint density at radius 3 is 2.60 bits per heavy atom. The molecule has 0 bridgehead atoms. The highest BCUT2D eigenvalue weighted by atomic mass is 32.2. The average Bonchev–Trinajstić information content (AvgIpc) is 2.48. The van der Waals surface area contributed by atoms with Crippen molar-refractivity contribution in [2.24, 2.45) is 0 Å². The molecule has 0 aliphatic heterocycles. The van der Waals surface area contributed by atoms with Gasteiger partial charge in [-0.3, -0.25) is 4.79 Å².